The topological polar surface area (TPSA) is 80.7 Å². The van der Waals surface area contributed by atoms with Gasteiger partial charge in [-0.1, -0.05) is 13.8 Å². The van der Waals surface area contributed by atoms with Crippen LogP contribution in [0.4, 0.5) is 0 Å². The molecule has 3 saturated carbocycles. The molecule has 5 heteroatoms. The van der Waals surface area contributed by atoms with Crippen LogP contribution in [-0.2, 0) is 19.1 Å². The van der Waals surface area contributed by atoms with E-state index in [1.54, 1.807) is 0 Å². The van der Waals surface area contributed by atoms with Crippen LogP contribution < -0.4 is 0 Å². The van der Waals surface area contributed by atoms with Crippen molar-refractivity contribution in [3.05, 3.63) is 0 Å². The molecular weight excluding hydrogens is 344 g/mol. The Hall–Kier alpha value is -1.39. The quantitative estimate of drug-likeness (QED) is 0.724. The molecular formula is C22H34O5. The highest BCUT2D eigenvalue weighted by molar-refractivity contribution is 5.86. The third-order valence-electron chi connectivity index (χ3n) is 8.45. The molecule has 152 valence electrons. The summed E-state index contributed by atoms with van der Waals surface area (Å²) < 4.78 is 5.55. The van der Waals surface area contributed by atoms with E-state index in [2.05, 4.69) is 6.92 Å². The molecule has 0 spiro atoms. The number of carbonyl (C=O) groups is 3. The number of ether oxygens (including phenoxy) is 1. The van der Waals surface area contributed by atoms with E-state index in [1.165, 1.54) is 6.92 Å². The Balaban J connectivity index is 1.82. The van der Waals surface area contributed by atoms with Crippen molar-refractivity contribution in [3.8, 4) is 0 Å². The summed E-state index contributed by atoms with van der Waals surface area (Å²) in [5.74, 6) is 0.910. The van der Waals surface area contributed by atoms with Gasteiger partial charge in [0.25, 0.3) is 0 Å². The average molecular weight is 379 g/mol. The third-order valence-corrected chi connectivity index (χ3v) is 8.45. The predicted molar refractivity (Wildman–Crippen MR) is 101 cm³/mol. The molecule has 7 atom stereocenters. The maximum Gasteiger partial charge on any atom is 0.303 e. The molecule has 1 N–H and O–H groups in total. The Morgan fingerprint density at radius 3 is 2.52 bits per heavy atom. The van der Waals surface area contributed by atoms with Crippen LogP contribution in [0, 0.1) is 34.5 Å². The van der Waals surface area contributed by atoms with Crippen molar-refractivity contribution in [1.29, 1.82) is 0 Å². The minimum atomic E-state index is -0.817. The minimum Gasteiger partial charge on any atom is -0.481 e. The summed E-state index contributed by atoms with van der Waals surface area (Å²) in [5.41, 5.74) is -0.355. The lowest BCUT2D eigenvalue weighted by molar-refractivity contribution is -0.157. The number of Topliss-reactive ketones (excluding diaryl/α,β-unsaturated/α-hetero) is 1. The highest BCUT2D eigenvalue weighted by Gasteiger charge is 2.60. The first-order chi connectivity index (χ1) is 12.6. The van der Waals surface area contributed by atoms with Gasteiger partial charge >= 0.3 is 11.9 Å². The van der Waals surface area contributed by atoms with E-state index in [9.17, 15) is 14.4 Å². The van der Waals surface area contributed by atoms with E-state index in [1.807, 2.05) is 13.8 Å². The van der Waals surface area contributed by atoms with E-state index in [-0.39, 0.29) is 29.7 Å². The van der Waals surface area contributed by atoms with Crippen LogP contribution in [0.3, 0.4) is 0 Å². The van der Waals surface area contributed by atoms with Crippen LogP contribution in [0.15, 0.2) is 0 Å². The van der Waals surface area contributed by atoms with E-state index < -0.39 is 11.4 Å². The van der Waals surface area contributed by atoms with Crippen molar-refractivity contribution in [2.45, 2.75) is 85.2 Å². The zero-order chi connectivity index (χ0) is 20.0. The van der Waals surface area contributed by atoms with Gasteiger partial charge in [-0.2, -0.15) is 0 Å². The highest BCUT2D eigenvalue weighted by Crippen LogP contribution is 2.65. The number of rotatable bonds is 5. The van der Waals surface area contributed by atoms with Crippen molar-refractivity contribution in [2.24, 2.45) is 34.5 Å². The Kier molecular flexibility index (Phi) is 5.44. The van der Waals surface area contributed by atoms with Gasteiger partial charge in [0, 0.05) is 31.1 Å². The Bertz CT molecular complexity index is 628. The second-order valence-electron chi connectivity index (χ2n) is 9.69. The molecule has 3 rings (SSSR count). The van der Waals surface area contributed by atoms with Gasteiger partial charge in [-0.05, 0) is 68.6 Å². The van der Waals surface area contributed by atoms with Crippen molar-refractivity contribution in [2.75, 3.05) is 0 Å². The standard InChI is InChI=1S/C22H34O5/c1-13(27-14(2)23)16-6-7-17-15-5-8-19(24)22(4,12-10-20(25)26)18(15)9-11-21(16,17)3/h13,15-18H,5-12H2,1-4H3,(H,25,26)/t13-,15+,16-,17-,18+,21+,22-/m0/s1. The van der Waals surface area contributed by atoms with Crippen LogP contribution >= 0.6 is 0 Å². The lowest BCUT2D eigenvalue weighted by Crippen LogP contribution is -2.53. The van der Waals surface area contributed by atoms with Gasteiger partial charge in [-0.25, -0.2) is 0 Å². The van der Waals surface area contributed by atoms with Gasteiger partial charge in [-0.15, -0.1) is 0 Å². The second-order valence-corrected chi connectivity index (χ2v) is 9.69. The van der Waals surface area contributed by atoms with Gasteiger partial charge in [0.05, 0.1) is 0 Å². The summed E-state index contributed by atoms with van der Waals surface area (Å²) in [6.07, 6.45) is 6.16. The van der Waals surface area contributed by atoms with Crippen LogP contribution in [0.5, 0.6) is 0 Å². The predicted octanol–water partition coefficient (Wildman–Crippen LogP) is 4.23. The number of aliphatic carboxylic acids is 1. The van der Waals surface area contributed by atoms with Crippen molar-refractivity contribution >= 4 is 17.7 Å². The molecule has 3 fully saturated rings. The number of hydrogen-bond acceptors (Lipinski definition) is 4. The molecule has 0 aromatic carbocycles. The molecule has 0 aromatic rings. The van der Waals surface area contributed by atoms with Crippen molar-refractivity contribution in [1.82, 2.24) is 0 Å². The number of ketones is 1. The fraction of sp³-hybridized carbons (Fsp3) is 0.864. The summed E-state index contributed by atoms with van der Waals surface area (Å²) in [5, 5.41) is 9.15. The third kappa shape index (κ3) is 3.42. The molecule has 27 heavy (non-hydrogen) atoms. The molecule has 0 amide bonds. The van der Waals surface area contributed by atoms with Crippen molar-refractivity contribution in [3.63, 3.8) is 0 Å². The Labute approximate surface area is 162 Å². The van der Waals surface area contributed by atoms with Crippen LogP contribution in [0.25, 0.3) is 0 Å². The Morgan fingerprint density at radius 1 is 1.19 bits per heavy atom. The van der Waals surface area contributed by atoms with Crippen LogP contribution in [-0.4, -0.2) is 28.9 Å². The molecule has 3 aliphatic rings. The van der Waals surface area contributed by atoms with Gasteiger partial charge in [0.15, 0.2) is 0 Å². The van der Waals surface area contributed by atoms with Crippen molar-refractivity contribution < 1.29 is 24.2 Å². The molecule has 0 saturated heterocycles. The highest BCUT2D eigenvalue weighted by atomic mass is 16.5. The number of hydrogen-bond donors (Lipinski definition) is 1. The summed E-state index contributed by atoms with van der Waals surface area (Å²) in [6, 6.07) is 0. The van der Waals surface area contributed by atoms with E-state index in [0.29, 0.717) is 36.5 Å². The van der Waals surface area contributed by atoms with E-state index in [0.717, 1.165) is 32.1 Å². The lowest BCUT2D eigenvalue weighted by atomic mass is 9.48. The first kappa shape index (κ1) is 20.3. The maximum atomic E-state index is 12.8. The van der Waals surface area contributed by atoms with Gasteiger partial charge in [-0.3, -0.25) is 14.4 Å². The molecule has 3 aliphatic carbocycles. The smallest absolute Gasteiger partial charge is 0.303 e. The van der Waals surface area contributed by atoms with E-state index >= 15 is 0 Å². The summed E-state index contributed by atoms with van der Waals surface area (Å²) >= 11 is 0. The summed E-state index contributed by atoms with van der Waals surface area (Å²) in [4.78, 5) is 35.4. The normalized spacial score (nSPS) is 42.1. The number of carboxylic acids is 1. The SMILES string of the molecule is CC(=O)O[C@@H](C)[C@@H]1CC[C@H]2[C@H]3CCC(=O)[C@@](C)(CCC(=O)O)[C@@H]3CC[C@@]21C. The maximum absolute atomic E-state index is 12.8. The number of carboxylic acid groups (broad SMARTS) is 1. The number of fused-ring (bicyclic) bond motifs is 3. The second kappa shape index (κ2) is 7.21. The number of esters is 1. The molecule has 0 aliphatic heterocycles. The van der Waals surface area contributed by atoms with Gasteiger partial charge < -0.3 is 9.84 Å². The van der Waals surface area contributed by atoms with Crippen LogP contribution in [0.1, 0.15) is 79.1 Å². The fourth-order valence-electron chi connectivity index (χ4n) is 7.12. The zero-order valence-electron chi connectivity index (χ0n) is 17.1. The number of carbonyl (C=O) groups excluding carboxylic acids is 2. The summed E-state index contributed by atoms with van der Waals surface area (Å²) in [6.45, 7) is 7.87. The van der Waals surface area contributed by atoms with E-state index in [4.69, 9.17) is 9.84 Å². The summed E-state index contributed by atoms with van der Waals surface area (Å²) in [7, 11) is 0. The molecule has 5 nitrogen and oxygen atoms in total. The lowest BCUT2D eigenvalue weighted by Gasteiger charge is -2.56. The van der Waals surface area contributed by atoms with Gasteiger partial charge in [0.2, 0.25) is 0 Å². The largest absolute Gasteiger partial charge is 0.481 e. The van der Waals surface area contributed by atoms with Crippen LogP contribution in [0.2, 0.25) is 0 Å². The molecule has 0 aromatic heterocycles. The zero-order valence-corrected chi connectivity index (χ0v) is 17.1. The molecule has 0 unspecified atom stereocenters. The molecule has 0 bridgehead atoms. The first-order valence-electron chi connectivity index (χ1n) is 10.5. The fourth-order valence-corrected chi connectivity index (χ4v) is 7.12. The average Bonchev–Trinajstić information content (AvgIpc) is 2.93. The molecule has 0 radical (unpaired) electrons. The monoisotopic (exact) mass is 378 g/mol. The minimum absolute atomic E-state index is 0.0690. The molecule has 0 heterocycles. The van der Waals surface area contributed by atoms with Gasteiger partial charge in [0.1, 0.15) is 11.9 Å². The Morgan fingerprint density at radius 2 is 1.89 bits per heavy atom. The first-order valence-corrected chi connectivity index (χ1v) is 10.5.